The lowest BCUT2D eigenvalue weighted by molar-refractivity contribution is -0.463. The maximum Gasteiger partial charge on any atom is 0.461 e. The van der Waals surface area contributed by atoms with E-state index >= 15 is 0 Å². The molecule has 2 unspecified atom stereocenters. The molecule has 0 saturated carbocycles. The Kier molecular flexibility index (Phi) is 5.16. The van der Waals surface area contributed by atoms with E-state index in [1.54, 1.807) is 0 Å². The Bertz CT molecular complexity index is 682. The van der Waals surface area contributed by atoms with Gasteiger partial charge in [-0.2, -0.15) is 79.0 Å². The summed E-state index contributed by atoms with van der Waals surface area (Å²) in [6, 6.07) is 0. The molecular formula is C10F18O. The van der Waals surface area contributed by atoms with Crippen molar-refractivity contribution in [3.63, 3.8) is 0 Å². The van der Waals surface area contributed by atoms with Crippen LogP contribution < -0.4 is 0 Å². The van der Waals surface area contributed by atoms with Gasteiger partial charge in [0.15, 0.2) is 0 Å². The molecule has 1 aliphatic rings. The summed E-state index contributed by atoms with van der Waals surface area (Å²) in [5.74, 6) is -21.0. The molecule has 0 fully saturated rings. The van der Waals surface area contributed by atoms with Gasteiger partial charge in [0.25, 0.3) is 5.41 Å². The molecule has 29 heavy (non-hydrogen) atoms. The molecule has 0 amide bonds. The van der Waals surface area contributed by atoms with E-state index in [4.69, 9.17) is 0 Å². The fourth-order valence-corrected chi connectivity index (χ4v) is 2.48. The van der Waals surface area contributed by atoms with Crippen LogP contribution in [0, 0.1) is 5.41 Å². The highest BCUT2D eigenvalue weighted by molar-refractivity contribution is 5.41. The molecule has 172 valence electrons. The Morgan fingerprint density at radius 2 is 0.931 bits per heavy atom. The Morgan fingerprint density at radius 1 is 0.552 bits per heavy atom. The van der Waals surface area contributed by atoms with Crippen LogP contribution in [0.3, 0.4) is 0 Å². The average molecular weight is 478 g/mol. The van der Waals surface area contributed by atoms with Crippen molar-refractivity contribution in [2.24, 2.45) is 5.41 Å². The second kappa shape index (κ2) is 5.92. The molecule has 0 aromatic heterocycles. The largest absolute Gasteiger partial charge is 0.461 e. The van der Waals surface area contributed by atoms with Gasteiger partial charge in [-0.05, 0) is 0 Å². The van der Waals surface area contributed by atoms with Gasteiger partial charge in [-0.15, -0.1) is 0 Å². The summed E-state index contributed by atoms with van der Waals surface area (Å²) in [4.78, 5) is 0. The van der Waals surface area contributed by atoms with Crippen molar-refractivity contribution in [2.75, 3.05) is 0 Å². The summed E-state index contributed by atoms with van der Waals surface area (Å²) in [5.41, 5.74) is -13.5. The molecule has 0 N–H and O–H groups in total. The third-order valence-corrected chi connectivity index (χ3v) is 3.48. The van der Waals surface area contributed by atoms with Crippen LogP contribution in [-0.4, -0.2) is 42.7 Å². The maximum atomic E-state index is 14.1. The van der Waals surface area contributed by atoms with Crippen LogP contribution in [-0.2, 0) is 4.74 Å². The van der Waals surface area contributed by atoms with Gasteiger partial charge in [0.05, 0.1) is 0 Å². The first-order valence-corrected chi connectivity index (χ1v) is 6.06. The first-order valence-electron chi connectivity index (χ1n) is 6.06. The normalized spacial score (nSPS) is 28.1. The number of hydrogen-bond acceptors (Lipinski definition) is 1. The van der Waals surface area contributed by atoms with Gasteiger partial charge < -0.3 is 4.74 Å². The molecule has 0 radical (unpaired) electrons. The summed E-state index contributed by atoms with van der Waals surface area (Å²) in [6.07, 6.45) is -39.1. The maximum absolute atomic E-state index is 14.1. The number of ether oxygens (including phenoxy) is 1. The van der Waals surface area contributed by atoms with Crippen LogP contribution in [0.4, 0.5) is 79.0 Å². The fraction of sp³-hybridized carbons (Fsp3) is 0.800. The van der Waals surface area contributed by atoms with Gasteiger partial charge in [0, 0.05) is 0 Å². The number of hydrogen-bond donors (Lipinski definition) is 0. The summed E-state index contributed by atoms with van der Waals surface area (Å²) in [6.45, 7) is 0. The molecule has 2 atom stereocenters. The zero-order valence-electron chi connectivity index (χ0n) is 12.2. The Labute approximate surface area is 144 Å². The minimum Gasteiger partial charge on any atom is -0.443 e. The smallest absolute Gasteiger partial charge is 0.443 e. The molecule has 0 saturated heterocycles. The summed E-state index contributed by atoms with van der Waals surface area (Å²) < 4.78 is 235. The van der Waals surface area contributed by atoms with E-state index < -0.39 is 59.4 Å². The van der Waals surface area contributed by atoms with Crippen molar-refractivity contribution in [3.8, 4) is 0 Å². The molecule has 0 aromatic carbocycles. The first kappa shape index (κ1) is 25.3. The summed E-state index contributed by atoms with van der Waals surface area (Å²) in [5, 5.41) is 0. The molecule has 1 nitrogen and oxygen atoms in total. The minimum absolute atomic E-state index is 1.98. The lowest BCUT2D eigenvalue weighted by Gasteiger charge is -2.46. The van der Waals surface area contributed by atoms with E-state index in [0.717, 1.165) is 0 Å². The average Bonchev–Trinajstić information content (AvgIpc) is 2.68. The molecule has 0 aliphatic carbocycles. The predicted molar refractivity (Wildman–Crippen MR) is 49.6 cm³/mol. The van der Waals surface area contributed by atoms with Crippen molar-refractivity contribution in [1.29, 1.82) is 0 Å². The van der Waals surface area contributed by atoms with Crippen molar-refractivity contribution >= 4 is 0 Å². The number of rotatable bonds is 1. The van der Waals surface area contributed by atoms with Crippen molar-refractivity contribution < 1.29 is 83.8 Å². The second-order valence-corrected chi connectivity index (χ2v) is 5.21. The third-order valence-electron chi connectivity index (χ3n) is 3.48. The standard InChI is InChI=1S/C10F18O/c11-4(12,13)1-2(5(14,15)16)29-7(19,10(26,27)28)3(1,8(20,21)22)6(17,18)9(23,24)25. The van der Waals surface area contributed by atoms with Gasteiger partial charge in [-0.25, -0.2) is 0 Å². The molecule has 19 heteroatoms. The molecule has 1 aliphatic heterocycles. The SMILES string of the molecule is FC(F)(F)C1=C(C(F)(F)F)C(C(F)(F)F)(C(F)(F)C(F)(F)F)C(F)(C(F)(F)F)O1. The van der Waals surface area contributed by atoms with Crippen LogP contribution in [0.5, 0.6) is 0 Å². The van der Waals surface area contributed by atoms with Crippen molar-refractivity contribution in [2.45, 2.75) is 42.7 Å². The Morgan fingerprint density at radius 3 is 1.14 bits per heavy atom. The van der Waals surface area contributed by atoms with Crippen molar-refractivity contribution in [1.82, 2.24) is 0 Å². The van der Waals surface area contributed by atoms with Crippen LogP contribution in [0.15, 0.2) is 11.3 Å². The van der Waals surface area contributed by atoms with E-state index in [0.29, 0.717) is 0 Å². The zero-order valence-corrected chi connectivity index (χ0v) is 12.2. The predicted octanol–water partition coefficient (Wildman–Crippen LogP) is 6.37. The number of alkyl halides is 18. The third kappa shape index (κ3) is 3.14. The van der Waals surface area contributed by atoms with E-state index in [1.807, 2.05) is 4.74 Å². The second-order valence-electron chi connectivity index (χ2n) is 5.21. The Hall–Kier alpha value is -1.72. The van der Waals surface area contributed by atoms with Crippen LogP contribution in [0.25, 0.3) is 0 Å². The lowest BCUT2D eigenvalue weighted by atomic mass is 9.67. The Balaban J connectivity index is 4.49. The van der Waals surface area contributed by atoms with Crippen molar-refractivity contribution in [3.05, 3.63) is 11.3 Å². The highest BCUT2D eigenvalue weighted by Gasteiger charge is 2.99. The van der Waals surface area contributed by atoms with Crippen LogP contribution >= 0.6 is 0 Å². The molecule has 1 rings (SSSR count). The van der Waals surface area contributed by atoms with E-state index in [-0.39, 0.29) is 0 Å². The van der Waals surface area contributed by atoms with E-state index in [1.165, 1.54) is 0 Å². The van der Waals surface area contributed by atoms with Crippen LogP contribution in [0.1, 0.15) is 0 Å². The lowest BCUT2D eigenvalue weighted by Crippen LogP contribution is -2.72. The summed E-state index contributed by atoms with van der Waals surface area (Å²) in [7, 11) is 0. The van der Waals surface area contributed by atoms with Gasteiger partial charge >= 0.3 is 42.7 Å². The number of allylic oxidation sites excluding steroid dienone is 1. The van der Waals surface area contributed by atoms with E-state index in [2.05, 4.69) is 0 Å². The molecule has 1 heterocycles. The topological polar surface area (TPSA) is 9.23 Å². The molecular weight excluding hydrogens is 478 g/mol. The summed E-state index contributed by atoms with van der Waals surface area (Å²) >= 11 is 0. The molecule has 0 aromatic rings. The fourth-order valence-electron chi connectivity index (χ4n) is 2.48. The van der Waals surface area contributed by atoms with Gasteiger partial charge in [0.1, 0.15) is 5.57 Å². The first-order chi connectivity index (χ1) is 12.2. The monoisotopic (exact) mass is 478 g/mol. The quantitative estimate of drug-likeness (QED) is 0.399. The van der Waals surface area contributed by atoms with Gasteiger partial charge in [-0.3, -0.25) is 0 Å². The van der Waals surface area contributed by atoms with Gasteiger partial charge in [-0.1, -0.05) is 0 Å². The highest BCUT2D eigenvalue weighted by Crippen LogP contribution is 2.75. The van der Waals surface area contributed by atoms with E-state index in [9.17, 15) is 79.0 Å². The highest BCUT2D eigenvalue weighted by atomic mass is 19.4. The van der Waals surface area contributed by atoms with Gasteiger partial charge in [0.2, 0.25) is 5.76 Å². The zero-order chi connectivity index (χ0) is 23.9. The number of halogens is 18. The van der Waals surface area contributed by atoms with Crippen LogP contribution in [0.2, 0.25) is 0 Å². The minimum atomic E-state index is -8.46. The molecule has 0 bridgehead atoms. The molecule has 0 spiro atoms.